The quantitative estimate of drug-likeness (QED) is 0.825. The van der Waals surface area contributed by atoms with E-state index in [1.165, 1.54) is 4.88 Å². The Labute approximate surface area is 110 Å². The molecule has 2 heterocycles. The monoisotopic (exact) mass is 255 g/mol. The van der Waals surface area contributed by atoms with Crippen LogP contribution in [0.1, 0.15) is 29.1 Å². The third-order valence-electron chi connectivity index (χ3n) is 3.56. The van der Waals surface area contributed by atoms with Crippen molar-refractivity contribution >= 4 is 11.3 Å². The fourth-order valence-electron chi connectivity index (χ4n) is 2.28. The second-order valence-electron chi connectivity index (χ2n) is 4.71. The summed E-state index contributed by atoms with van der Waals surface area (Å²) < 4.78 is 0. The summed E-state index contributed by atoms with van der Waals surface area (Å²) in [6, 6.07) is 6.38. The molecule has 4 heteroatoms. The molecule has 1 fully saturated rings. The SMILES string of the molecule is Cc1sc(C2(C#N)CCC2)nc1-c1cccnc1. The van der Waals surface area contributed by atoms with Crippen LogP contribution >= 0.6 is 11.3 Å². The summed E-state index contributed by atoms with van der Waals surface area (Å²) in [7, 11) is 0. The van der Waals surface area contributed by atoms with E-state index in [4.69, 9.17) is 4.98 Å². The average molecular weight is 255 g/mol. The Bertz CT molecular complexity index is 606. The Morgan fingerprint density at radius 3 is 2.83 bits per heavy atom. The Balaban J connectivity index is 2.05. The van der Waals surface area contributed by atoms with Crippen LogP contribution in [0.4, 0.5) is 0 Å². The summed E-state index contributed by atoms with van der Waals surface area (Å²) in [6.07, 6.45) is 6.61. The Hall–Kier alpha value is -1.73. The molecule has 90 valence electrons. The highest BCUT2D eigenvalue weighted by Gasteiger charge is 2.42. The van der Waals surface area contributed by atoms with Crippen molar-refractivity contribution < 1.29 is 0 Å². The molecule has 1 saturated carbocycles. The van der Waals surface area contributed by atoms with Crippen molar-refractivity contribution in [2.24, 2.45) is 0 Å². The zero-order chi connectivity index (χ0) is 12.6. The van der Waals surface area contributed by atoms with Gasteiger partial charge in [0.25, 0.3) is 0 Å². The van der Waals surface area contributed by atoms with Gasteiger partial charge in [-0.1, -0.05) is 0 Å². The van der Waals surface area contributed by atoms with Gasteiger partial charge in [0.1, 0.15) is 10.4 Å². The minimum atomic E-state index is -0.310. The molecule has 1 aliphatic rings. The molecule has 0 N–H and O–H groups in total. The third kappa shape index (κ3) is 1.63. The van der Waals surface area contributed by atoms with Crippen molar-refractivity contribution in [3.8, 4) is 17.3 Å². The second-order valence-corrected chi connectivity index (χ2v) is 5.92. The molecule has 0 aromatic carbocycles. The first-order chi connectivity index (χ1) is 8.75. The lowest BCUT2D eigenvalue weighted by Crippen LogP contribution is -2.32. The van der Waals surface area contributed by atoms with Crippen LogP contribution in [0, 0.1) is 18.3 Å². The summed E-state index contributed by atoms with van der Waals surface area (Å²) >= 11 is 1.66. The van der Waals surface area contributed by atoms with Crippen molar-refractivity contribution in [1.82, 2.24) is 9.97 Å². The number of hydrogen-bond donors (Lipinski definition) is 0. The maximum absolute atomic E-state index is 9.37. The first-order valence-corrected chi connectivity index (χ1v) is 6.86. The van der Waals surface area contributed by atoms with E-state index in [2.05, 4.69) is 18.0 Å². The molecule has 0 spiro atoms. The summed E-state index contributed by atoms with van der Waals surface area (Å²) in [6.45, 7) is 2.06. The molecule has 0 amide bonds. The minimum Gasteiger partial charge on any atom is -0.264 e. The zero-order valence-corrected chi connectivity index (χ0v) is 11.0. The van der Waals surface area contributed by atoms with Crippen LogP contribution in [0.15, 0.2) is 24.5 Å². The van der Waals surface area contributed by atoms with E-state index in [0.29, 0.717) is 0 Å². The van der Waals surface area contributed by atoms with Crippen molar-refractivity contribution in [1.29, 1.82) is 5.26 Å². The van der Waals surface area contributed by atoms with Gasteiger partial charge in [-0.3, -0.25) is 4.98 Å². The highest BCUT2D eigenvalue weighted by Crippen LogP contribution is 2.46. The van der Waals surface area contributed by atoms with E-state index >= 15 is 0 Å². The number of nitrogens with zero attached hydrogens (tertiary/aromatic N) is 3. The summed E-state index contributed by atoms with van der Waals surface area (Å²) in [4.78, 5) is 9.99. The number of hydrogen-bond acceptors (Lipinski definition) is 4. The molecule has 2 aromatic heterocycles. The maximum Gasteiger partial charge on any atom is 0.114 e. The molecule has 0 saturated heterocycles. The fourth-order valence-corrected chi connectivity index (χ4v) is 3.41. The third-order valence-corrected chi connectivity index (χ3v) is 4.74. The van der Waals surface area contributed by atoms with Crippen LogP contribution in [0.2, 0.25) is 0 Å². The number of thiazole rings is 1. The first kappa shape index (κ1) is 11.4. The molecule has 1 aliphatic carbocycles. The standard InChI is InChI=1S/C14H13N3S/c1-10-12(11-4-2-7-16-8-11)17-13(18-10)14(9-15)5-3-6-14/h2,4,7-8H,3,5-6H2,1H3. The van der Waals surface area contributed by atoms with Crippen LogP contribution in [0.3, 0.4) is 0 Å². The van der Waals surface area contributed by atoms with E-state index in [-0.39, 0.29) is 5.41 Å². The minimum absolute atomic E-state index is 0.310. The number of rotatable bonds is 2. The van der Waals surface area contributed by atoms with Crippen LogP contribution in [0.5, 0.6) is 0 Å². The topological polar surface area (TPSA) is 49.6 Å². The molecule has 0 aliphatic heterocycles. The molecule has 2 aromatic rings. The van der Waals surface area contributed by atoms with E-state index < -0.39 is 0 Å². The lowest BCUT2D eigenvalue weighted by molar-refractivity contribution is 0.323. The molecular formula is C14H13N3S. The molecule has 0 unspecified atom stereocenters. The number of pyridine rings is 1. The summed E-state index contributed by atoms with van der Waals surface area (Å²) in [5.74, 6) is 0. The van der Waals surface area contributed by atoms with Crippen molar-refractivity contribution in [2.45, 2.75) is 31.6 Å². The van der Waals surface area contributed by atoms with Gasteiger partial charge in [-0.25, -0.2) is 4.98 Å². The fraction of sp³-hybridized carbons (Fsp3) is 0.357. The Morgan fingerprint density at radius 2 is 2.28 bits per heavy atom. The summed E-state index contributed by atoms with van der Waals surface area (Å²) in [5, 5.41) is 10.3. The van der Waals surface area contributed by atoms with Gasteiger partial charge in [0.2, 0.25) is 0 Å². The van der Waals surface area contributed by atoms with Crippen LogP contribution in [-0.2, 0) is 5.41 Å². The van der Waals surface area contributed by atoms with Gasteiger partial charge >= 0.3 is 0 Å². The van der Waals surface area contributed by atoms with Crippen LogP contribution in [0.25, 0.3) is 11.3 Å². The second kappa shape index (κ2) is 4.18. The zero-order valence-electron chi connectivity index (χ0n) is 10.2. The maximum atomic E-state index is 9.37. The largest absolute Gasteiger partial charge is 0.264 e. The van der Waals surface area contributed by atoms with Crippen molar-refractivity contribution in [3.05, 3.63) is 34.4 Å². The smallest absolute Gasteiger partial charge is 0.114 e. The highest BCUT2D eigenvalue weighted by molar-refractivity contribution is 7.12. The molecule has 18 heavy (non-hydrogen) atoms. The molecule has 3 nitrogen and oxygen atoms in total. The van der Waals surface area contributed by atoms with Crippen molar-refractivity contribution in [3.63, 3.8) is 0 Å². The van der Waals surface area contributed by atoms with E-state index in [1.807, 2.05) is 18.3 Å². The average Bonchev–Trinajstić information content (AvgIpc) is 2.72. The van der Waals surface area contributed by atoms with E-state index in [0.717, 1.165) is 35.5 Å². The van der Waals surface area contributed by atoms with E-state index in [9.17, 15) is 5.26 Å². The normalized spacial score (nSPS) is 16.9. The molecular weight excluding hydrogens is 242 g/mol. The van der Waals surface area contributed by atoms with Gasteiger partial charge in [-0.2, -0.15) is 5.26 Å². The molecule has 3 rings (SSSR count). The van der Waals surface area contributed by atoms with Gasteiger partial charge < -0.3 is 0 Å². The number of aromatic nitrogens is 2. The predicted molar refractivity (Wildman–Crippen MR) is 71.2 cm³/mol. The van der Waals surface area contributed by atoms with Gasteiger partial charge in [0.15, 0.2) is 0 Å². The molecule has 0 atom stereocenters. The Morgan fingerprint density at radius 1 is 1.44 bits per heavy atom. The predicted octanol–water partition coefficient (Wildman–Crippen LogP) is 3.46. The van der Waals surface area contributed by atoms with E-state index in [1.54, 1.807) is 17.5 Å². The van der Waals surface area contributed by atoms with Gasteiger partial charge in [0.05, 0.1) is 11.8 Å². The number of nitriles is 1. The molecule has 0 bridgehead atoms. The highest BCUT2D eigenvalue weighted by atomic mass is 32.1. The lowest BCUT2D eigenvalue weighted by Gasteiger charge is -2.32. The first-order valence-electron chi connectivity index (χ1n) is 6.05. The van der Waals surface area contributed by atoms with Gasteiger partial charge in [-0.05, 0) is 38.3 Å². The Kier molecular flexibility index (Phi) is 2.64. The van der Waals surface area contributed by atoms with Crippen molar-refractivity contribution in [2.75, 3.05) is 0 Å². The summed E-state index contributed by atoms with van der Waals surface area (Å²) in [5.41, 5.74) is 1.70. The van der Waals surface area contributed by atoms with Crippen LogP contribution in [-0.4, -0.2) is 9.97 Å². The molecule has 0 radical (unpaired) electrons. The van der Waals surface area contributed by atoms with Gasteiger partial charge in [0, 0.05) is 22.8 Å². The van der Waals surface area contributed by atoms with Gasteiger partial charge in [-0.15, -0.1) is 11.3 Å². The number of aryl methyl sites for hydroxylation is 1. The lowest BCUT2D eigenvalue weighted by atomic mass is 9.70. The van der Waals surface area contributed by atoms with Crippen LogP contribution < -0.4 is 0 Å².